The molecule has 1 rings (SSSR count). The molecule has 0 radical (unpaired) electrons. The van der Waals surface area contributed by atoms with Crippen molar-refractivity contribution in [1.82, 2.24) is 4.90 Å². The number of aryl methyl sites for hydroxylation is 2. The van der Waals surface area contributed by atoms with E-state index in [0.29, 0.717) is 6.42 Å². The normalized spacial score (nSPS) is 10.8. The van der Waals surface area contributed by atoms with Gasteiger partial charge < -0.3 is 10.0 Å². The van der Waals surface area contributed by atoms with Gasteiger partial charge in [0.2, 0.25) is 0 Å². The molecule has 0 fully saturated rings. The lowest BCUT2D eigenvalue weighted by atomic mass is 10.1. The third-order valence-corrected chi connectivity index (χ3v) is 2.88. The summed E-state index contributed by atoms with van der Waals surface area (Å²) in [6.07, 6.45) is 0.952. The highest BCUT2D eigenvalue weighted by Gasteiger charge is 2.04. The first-order chi connectivity index (χ1) is 7.99. The average Bonchev–Trinajstić information content (AvgIpc) is 2.23. The number of carbonyl (C=O) groups is 1. The van der Waals surface area contributed by atoms with Crippen molar-refractivity contribution in [3.05, 3.63) is 34.9 Å². The Morgan fingerprint density at radius 2 is 2.06 bits per heavy atom. The standard InChI is InChI=1S/C14H21NO2/c1-11-6-7-12(2)13(9-11)10-15(3)8-4-5-14(16)17/h6-7,9H,4-5,8,10H2,1-3H3,(H,16,17). The molecule has 1 aromatic carbocycles. The van der Waals surface area contributed by atoms with E-state index in [2.05, 4.69) is 36.9 Å². The number of nitrogens with zero attached hydrogens (tertiary/aromatic N) is 1. The Morgan fingerprint density at radius 3 is 2.71 bits per heavy atom. The van der Waals surface area contributed by atoms with Crippen molar-refractivity contribution in [2.45, 2.75) is 33.2 Å². The summed E-state index contributed by atoms with van der Waals surface area (Å²) < 4.78 is 0. The second-order valence-corrected chi connectivity index (χ2v) is 4.67. The molecule has 1 aromatic rings. The van der Waals surface area contributed by atoms with Crippen molar-refractivity contribution >= 4 is 5.97 Å². The van der Waals surface area contributed by atoms with E-state index in [1.165, 1.54) is 16.7 Å². The van der Waals surface area contributed by atoms with E-state index in [9.17, 15) is 4.79 Å². The lowest BCUT2D eigenvalue weighted by Gasteiger charge is -2.18. The molecular weight excluding hydrogens is 214 g/mol. The van der Waals surface area contributed by atoms with Crippen molar-refractivity contribution in [2.75, 3.05) is 13.6 Å². The molecule has 0 amide bonds. The van der Waals surface area contributed by atoms with Crippen molar-refractivity contribution in [3.63, 3.8) is 0 Å². The Labute approximate surface area is 103 Å². The molecule has 3 heteroatoms. The van der Waals surface area contributed by atoms with Crippen LogP contribution in [0.25, 0.3) is 0 Å². The molecule has 0 aliphatic carbocycles. The van der Waals surface area contributed by atoms with Gasteiger partial charge in [-0.3, -0.25) is 4.79 Å². The Hall–Kier alpha value is -1.35. The fourth-order valence-corrected chi connectivity index (χ4v) is 1.84. The van der Waals surface area contributed by atoms with E-state index in [1.54, 1.807) is 0 Å². The van der Waals surface area contributed by atoms with Crippen LogP contribution in [0, 0.1) is 13.8 Å². The van der Waals surface area contributed by atoms with E-state index in [1.807, 2.05) is 7.05 Å². The predicted octanol–water partition coefficient (Wildman–Crippen LogP) is 2.60. The van der Waals surface area contributed by atoms with Gasteiger partial charge in [0, 0.05) is 13.0 Å². The second-order valence-electron chi connectivity index (χ2n) is 4.67. The van der Waals surface area contributed by atoms with Crippen LogP contribution in [0.4, 0.5) is 0 Å². The Kier molecular flexibility index (Phi) is 5.16. The summed E-state index contributed by atoms with van der Waals surface area (Å²) in [6, 6.07) is 6.45. The zero-order chi connectivity index (χ0) is 12.8. The van der Waals surface area contributed by atoms with E-state index in [-0.39, 0.29) is 6.42 Å². The quantitative estimate of drug-likeness (QED) is 0.824. The van der Waals surface area contributed by atoms with Crippen molar-refractivity contribution in [2.24, 2.45) is 0 Å². The molecule has 0 atom stereocenters. The summed E-state index contributed by atoms with van der Waals surface area (Å²) in [6.45, 7) is 5.90. The molecule has 0 aliphatic heterocycles. The lowest BCUT2D eigenvalue weighted by molar-refractivity contribution is -0.137. The largest absolute Gasteiger partial charge is 0.481 e. The van der Waals surface area contributed by atoms with Crippen LogP contribution < -0.4 is 0 Å². The first-order valence-corrected chi connectivity index (χ1v) is 5.95. The predicted molar refractivity (Wildman–Crippen MR) is 69.1 cm³/mol. The number of rotatable bonds is 6. The highest BCUT2D eigenvalue weighted by Crippen LogP contribution is 2.12. The maximum atomic E-state index is 10.4. The molecule has 17 heavy (non-hydrogen) atoms. The van der Waals surface area contributed by atoms with Crippen molar-refractivity contribution in [3.8, 4) is 0 Å². The van der Waals surface area contributed by atoms with E-state index < -0.39 is 5.97 Å². The van der Waals surface area contributed by atoms with Crippen LogP contribution in [0.5, 0.6) is 0 Å². The monoisotopic (exact) mass is 235 g/mol. The fourth-order valence-electron chi connectivity index (χ4n) is 1.84. The summed E-state index contributed by atoms with van der Waals surface area (Å²) in [7, 11) is 2.03. The zero-order valence-corrected chi connectivity index (χ0v) is 10.9. The van der Waals surface area contributed by atoms with E-state index >= 15 is 0 Å². The molecule has 0 spiro atoms. The maximum absolute atomic E-state index is 10.4. The van der Waals surface area contributed by atoms with E-state index in [4.69, 9.17) is 5.11 Å². The number of hydrogen-bond donors (Lipinski definition) is 1. The summed E-state index contributed by atoms with van der Waals surface area (Å²) in [5.41, 5.74) is 3.88. The summed E-state index contributed by atoms with van der Waals surface area (Å²) in [5.74, 6) is -0.717. The molecule has 0 saturated heterocycles. The van der Waals surface area contributed by atoms with Gasteiger partial charge in [0.25, 0.3) is 0 Å². The molecule has 0 bridgehead atoms. The van der Waals surface area contributed by atoms with Gasteiger partial charge >= 0.3 is 5.97 Å². The SMILES string of the molecule is Cc1ccc(C)c(CN(C)CCCC(=O)O)c1. The number of benzene rings is 1. The van der Waals surface area contributed by atoms with Gasteiger partial charge in [-0.25, -0.2) is 0 Å². The average molecular weight is 235 g/mol. The summed E-state index contributed by atoms with van der Waals surface area (Å²) in [5, 5.41) is 8.58. The second kappa shape index (κ2) is 6.40. The van der Waals surface area contributed by atoms with Crippen LogP contribution in [0.1, 0.15) is 29.5 Å². The molecule has 0 unspecified atom stereocenters. The number of aliphatic carboxylic acids is 1. The van der Waals surface area contributed by atoms with Gasteiger partial charge in [-0.05, 0) is 45.0 Å². The lowest BCUT2D eigenvalue weighted by Crippen LogP contribution is -2.20. The molecule has 0 heterocycles. The minimum atomic E-state index is -0.717. The third kappa shape index (κ3) is 5.00. The molecule has 1 N–H and O–H groups in total. The Morgan fingerprint density at radius 1 is 1.35 bits per heavy atom. The van der Waals surface area contributed by atoms with Crippen LogP contribution in [-0.2, 0) is 11.3 Å². The smallest absolute Gasteiger partial charge is 0.303 e. The van der Waals surface area contributed by atoms with Gasteiger partial charge in [0.05, 0.1) is 0 Å². The first kappa shape index (κ1) is 13.7. The van der Waals surface area contributed by atoms with Crippen LogP contribution in [0.2, 0.25) is 0 Å². The number of hydrogen-bond acceptors (Lipinski definition) is 2. The number of carboxylic acid groups (broad SMARTS) is 1. The van der Waals surface area contributed by atoms with Crippen molar-refractivity contribution in [1.29, 1.82) is 0 Å². The van der Waals surface area contributed by atoms with Gasteiger partial charge in [0.15, 0.2) is 0 Å². The van der Waals surface area contributed by atoms with Crippen LogP contribution in [0.3, 0.4) is 0 Å². The fraction of sp³-hybridized carbons (Fsp3) is 0.500. The Bertz CT molecular complexity index is 388. The first-order valence-electron chi connectivity index (χ1n) is 5.95. The summed E-state index contributed by atoms with van der Waals surface area (Å²) in [4.78, 5) is 12.6. The van der Waals surface area contributed by atoms with Gasteiger partial charge in [-0.1, -0.05) is 23.8 Å². The van der Waals surface area contributed by atoms with Crippen LogP contribution >= 0.6 is 0 Å². The summed E-state index contributed by atoms with van der Waals surface area (Å²) >= 11 is 0. The Balaban J connectivity index is 2.47. The highest BCUT2D eigenvalue weighted by molar-refractivity contribution is 5.66. The van der Waals surface area contributed by atoms with Crippen molar-refractivity contribution < 1.29 is 9.90 Å². The zero-order valence-electron chi connectivity index (χ0n) is 10.9. The van der Waals surface area contributed by atoms with Crippen LogP contribution in [-0.4, -0.2) is 29.6 Å². The molecule has 94 valence electrons. The minimum absolute atomic E-state index is 0.247. The molecule has 0 saturated carbocycles. The third-order valence-electron chi connectivity index (χ3n) is 2.88. The molecule has 3 nitrogen and oxygen atoms in total. The van der Waals surface area contributed by atoms with Gasteiger partial charge in [-0.15, -0.1) is 0 Å². The number of carboxylic acids is 1. The van der Waals surface area contributed by atoms with Gasteiger partial charge in [-0.2, -0.15) is 0 Å². The van der Waals surface area contributed by atoms with E-state index in [0.717, 1.165) is 13.1 Å². The topological polar surface area (TPSA) is 40.5 Å². The van der Waals surface area contributed by atoms with Gasteiger partial charge in [0.1, 0.15) is 0 Å². The molecule has 0 aromatic heterocycles. The minimum Gasteiger partial charge on any atom is -0.481 e. The molecular formula is C14H21NO2. The maximum Gasteiger partial charge on any atom is 0.303 e. The highest BCUT2D eigenvalue weighted by atomic mass is 16.4. The van der Waals surface area contributed by atoms with Crippen LogP contribution in [0.15, 0.2) is 18.2 Å². The molecule has 0 aliphatic rings.